The van der Waals surface area contributed by atoms with Crippen molar-refractivity contribution < 1.29 is 4.79 Å². The predicted molar refractivity (Wildman–Crippen MR) is 115 cm³/mol. The van der Waals surface area contributed by atoms with Gasteiger partial charge in [-0.3, -0.25) is 14.6 Å². The van der Waals surface area contributed by atoms with Gasteiger partial charge in [0.05, 0.1) is 10.7 Å². The number of rotatable bonds is 8. The molecular formula is C22H32N4OS. The molecule has 28 heavy (non-hydrogen) atoms. The van der Waals surface area contributed by atoms with Crippen molar-refractivity contribution >= 4 is 17.2 Å². The Hall–Kier alpha value is -1.76. The molecule has 2 aromatic rings. The first-order valence-electron chi connectivity index (χ1n) is 10.4. The van der Waals surface area contributed by atoms with E-state index in [1.54, 1.807) is 11.3 Å². The van der Waals surface area contributed by atoms with Gasteiger partial charge in [0.2, 0.25) is 5.91 Å². The number of benzene rings is 1. The molecule has 1 fully saturated rings. The second-order valence-corrected chi connectivity index (χ2v) is 8.16. The Morgan fingerprint density at radius 3 is 2.36 bits per heavy atom. The van der Waals surface area contributed by atoms with Gasteiger partial charge in [0, 0.05) is 38.1 Å². The third-order valence-electron chi connectivity index (χ3n) is 5.50. The van der Waals surface area contributed by atoms with E-state index in [2.05, 4.69) is 53.1 Å². The average Bonchev–Trinajstić information content (AvgIpc) is 3.20. The van der Waals surface area contributed by atoms with Gasteiger partial charge in [0.1, 0.15) is 6.04 Å². The number of aryl methyl sites for hydroxylation is 1. The first kappa shape index (κ1) is 21.0. The summed E-state index contributed by atoms with van der Waals surface area (Å²) in [5, 5.41) is 3.37. The Bertz CT molecular complexity index is 736. The van der Waals surface area contributed by atoms with E-state index in [9.17, 15) is 4.79 Å². The van der Waals surface area contributed by atoms with Crippen LogP contribution in [0.4, 0.5) is 0 Å². The van der Waals surface area contributed by atoms with E-state index in [4.69, 9.17) is 0 Å². The zero-order valence-corrected chi connectivity index (χ0v) is 18.1. The van der Waals surface area contributed by atoms with E-state index >= 15 is 0 Å². The van der Waals surface area contributed by atoms with Crippen LogP contribution in [0.15, 0.2) is 35.7 Å². The topological polar surface area (TPSA) is 39.7 Å². The van der Waals surface area contributed by atoms with E-state index in [1.807, 2.05) is 23.1 Å². The normalized spacial score (nSPS) is 16.5. The number of thiazole rings is 1. The third kappa shape index (κ3) is 4.99. The summed E-state index contributed by atoms with van der Waals surface area (Å²) >= 11 is 1.75. The molecule has 0 radical (unpaired) electrons. The van der Waals surface area contributed by atoms with Crippen LogP contribution >= 0.6 is 11.3 Å². The van der Waals surface area contributed by atoms with Gasteiger partial charge in [-0.25, -0.2) is 4.98 Å². The van der Waals surface area contributed by atoms with Crippen LogP contribution in [0.1, 0.15) is 43.1 Å². The minimum atomic E-state index is -0.187. The number of aromatic nitrogens is 1. The lowest BCUT2D eigenvalue weighted by molar-refractivity contribution is -0.139. The number of nitrogens with zero attached hydrogens (tertiary/aromatic N) is 4. The van der Waals surface area contributed by atoms with Gasteiger partial charge in [-0.15, -0.1) is 11.3 Å². The van der Waals surface area contributed by atoms with Gasteiger partial charge in [-0.2, -0.15) is 0 Å². The monoisotopic (exact) mass is 400 g/mol. The molecule has 0 bridgehead atoms. The number of piperazine rings is 1. The molecule has 1 aliphatic heterocycles. The lowest BCUT2D eigenvalue weighted by Gasteiger charge is -2.38. The third-order valence-corrected chi connectivity index (χ3v) is 6.54. The first-order valence-corrected chi connectivity index (χ1v) is 11.3. The molecule has 152 valence electrons. The Labute approximate surface area is 173 Å². The number of likely N-dealkylation sites (N-methyl/N-ethyl adjacent to an activating group) is 1. The molecule has 0 spiro atoms. The molecule has 0 N–H and O–H groups in total. The highest BCUT2D eigenvalue weighted by molar-refractivity contribution is 7.09. The summed E-state index contributed by atoms with van der Waals surface area (Å²) in [4.78, 5) is 24.8. The zero-order valence-electron chi connectivity index (χ0n) is 17.3. The van der Waals surface area contributed by atoms with Gasteiger partial charge in [-0.1, -0.05) is 51.1 Å². The van der Waals surface area contributed by atoms with E-state index in [0.717, 1.165) is 63.5 Å². The fourth-order valence-electron chi connectivity index (χ4n) is 3.85. The maximum absolute atomic E-state index is 13.4. The van der Waals surface area contributed by atoms with Crippen LogP contribution in [0.2, 0.25) is 0 Å². The van der Waals surface area contributed by atoms with Crippen LogP contribution in [-0.2, 0) is 17.8 Å². The van der Waals surface area contributed by atoms with Gasteiger partial charge in [0.25, 0.3) is 0 Å². The van der Waals surface area contributed by atoms with E-state index in [0.29, 0.717) is 0 Å². The molecule has 6 heteroatoms. The molecule has 0 aliphatic carbocycles. The van der Waals surface area contributed by atoms with Crippen LogP contribution < -0.4 is 0 Å². The Balaban J connectivity index is 1.63. The summed E-state index contributed by atoms with van der Waals surface area (Å²) in [5.74, 6) is 0.233. The van der Waals surface area contributed by atoms with Crippen LogP contribution in [0.3, 0.4) is 0 Å². The minimum Gasteiger partial charge on any atom is -0.338 e. The van der Waals surface area contributed by atoms with Crippen molar-refractivity contribution in [3.05, 3.63) is 52.0 Å². The van der Waals surface area contributed by atoms with Crippen LogP contribution in [0, 0.1) is 0 Å². The Kier molecular flexibility index (Phi) is 7.59. The largest absolute Gasteiger partial charge is 0.338 e. The highest BCUT2D eigenvalue weighted by Crippen LogP contribution is 2.24. The molecular weight excluding hydrogens is 368 g/mol. The van der Waals surface area contributed by atoms with Gasteiger partial charge >= 0.3 is 0 Å². The molecule has 2 heterocycles. The zero-order chi connectivity index (χ0) is 19.9. The fraction of sp³-hybridized carbons (Fsp3) is 0.545. The molecule has 1 saturated heterocycles. The van der Waals surface area contributed by atoms with Crippen molar-refractivity contribution in [2.45, 2.75) is 39.8 Å². The number of carbonyl (C=O) groups excluding carboxylic acids is 1. The van der Waals surface area contributed by atoms with Gasteiger partial charge in [0.15, 0.2) is 0 Å². The van der Waals surface area contributed by atoms with Crippen LogP contribution in [0.25, 0.3) is 0 Å². The average molecular weight is 401 g/mol. The van der Waals surface area contributed by atoms with Crippen molar-refractivity contribution in [1.82, 2.24) is 19.7 Å². The number of hydrogen-bond donors (Lipinski definition) is 0. The van der Waals surface area contributed by atoms with E-state index in [-0.39, 0.29) is 11.9 Å². The SMILES string of the molecule is CCc1nc(CN2CCN(C(=O)C(c3ccccc3)N(CC)CC)CC2)cs1. The highest BCUT2D eigenvalue weighted by Gasteiger charge is 2.31. The summed E-state index contributed by atoms with van der Waals surface area (Å²) < 4.78 is 0. The summed E-state index contributed by atoms with van der Waals surface area (Å²) in [6.07, 6.45) is 0.999. The molecule has 3 rings (SSSR count). The summed E-state index contributed by atoms with van der Waals surface area (Å²) in [5.41, 5.74) is 2.25. The minimum absolute atomic E-state index is 0.187. The molecule has 1 amide bonds. The van der Waals surface area contributed by atoms with Gasteiger partial charge < -0.3 is 4.90 Å². The maximum Gasteiger partial charge on any atom is 0.244 e. The van der Waals surface area contributed by atoms with E-state index < -0.39 is 0 Å². The van der Waals surface area contributed by atoms with Crippen LogP contribution in [-0.4, -0.2) is 64.9 Å². The predicted octanol–water partition coefficient (Wildman–Crippen LogP) is 3.43. The number of amides is 1. The second-order valence-electron chi connectivity index (χ2n) is 7.22. The highest BCUT2D eigenvalue weighted by atomic mass is 32.1. The van der Waals surface area contributed by atoms with Gasteiger partial charge in [-0.05, 0) is 25.1 Å². The first-order chi connectivity index (χ1) is 13.7. The van der Waals surface area contributed by atoms with Crippen molar-refractivity contribution in [2.24, 2.45) is 0 Å². The van der Waals surface area contributed by atoms with Crippen molar-refractivity contribution in [3.63, 3.8) is 0 Å². The molecule has 1 unspecified atom stereocenters. The standard InChI is InChI=1S/C22H32N4OS/c1-4-20-23-19(17-28-20)16-24-12-14-26(15-13-24)22(27)21(25(5-2)6-3)18-10-8-7-9-11-18/h7-11,17,21H,4-6,12-16H2,1-3H3. The molecule has 1 aliphatic rings. The molecule has 0 saturated carbocycles. The molecule has 1 aromatic carbocycles. The van der Waals surface area contributed by atoms with Crippen molar-refractivity contribution in [2.75, 3.05) is 39.3 Å². The Morgan fingerprint density at radius 2 is 1.79 bits per heavy atom. The molecule has 5 nitrogen and oxygen atoms in total. The summed E-state index contributed by atoms with van der Waals surface area (Å²) in [6.45, 7) is 12.4. The van der Waals surface area contributed by atoms with E-state index in [1.165, 1.54) is 5.01 Å². The lowest BCUT2D eigenvalue weighted by Crippen LogP contribution is -2.51. The van der Waals surface area contributed by atoms with Crippen LogP contribution in [0.5, 0.6) is 0 Å². The summed E-state index contributed by atoms with van der Waals surface area (Å²) in [6, 6.07) is 10.0. The summed E-state index contributed by atoms with van der Waals surface area (Å²) in [7, 11) is 0. The maximum atomic E-state index is 13.4. The number of carbonyl (C=O) groups is 1. The molecule has 1 atom stereocenters. The second kappa shape index (κ2) is 10.1. The lowest BCUT2D eigenvalue weighted by atomic mass is 10.0. The van der Waals surface area contributed by atoms with Crippen molar-refractivity contribution in [1.29, 1.82) is 0 Å². The Morgan fingerprint density at radius 1 is 1.11 bits per heavy atom. The van der Waals surface area contributed by atoms with Crippen molar-refractivity contribution in [3.8, 4) is 0 Å². The number of hydrogen-bond acceptors (Lipinski definition) is 5. The smallest absolute Gasteiger partial charge is 0.244 e. The molecule has 1 aromatic heterocycles. The quantitative estimate of drug-likeness (QED) is 0.681. The fourth-order valence-corrected chi connectivity index (χ4v) is 4.58.